The Morgan fingerprint density at radius 3 is 2.76 bits per heavy atom. The number of carbonyl (C=O) groups excluding carboxylic acids is 1. The van der Waals surface area contributed by atoms with Crippen LogP contribution in [0.15, 0.2) is 23.1 Å². The van der Waals surface area contributed by atoms with Crippen molar-refractivity contribution in [3.63, 3.8) is 0 Å². The fraction of sp³-hybridized carbons (Fsp3) is 0.500. The Bertz CT molecular complexity index is 644. The summed E-state index contributed by atoms with van der Waals surface area (Å²) in [5, 5.41) is 0.391. The van der Waals surface area contributed by atoms with Gasteiger partial charge in [-0.3, -0.25) is 4.79 Å². The van der Waals surface area contributed by atoms with Gasteiger partial charge in [0.2, 0.25) is 10.0 Å². The Kier molecular flexibility index (Phi) is 4.91. The van der Waals surface area contributed by atoms with E-state index < -0.39 is 22.0 Å². The number of hydrogen-bond acceptors (Lipinski definition) is 4. The topological polar surface area (TPSA) is 63.7 Å². The molecule has 0 aromatic heterocycles. The molecule has 21 heavy (non-hydrogen) atoms. The van der Waals surface area contributed by atoms with Crippen LogP contribution in [-0.2, 0) is 19.6 Å². The van der Waals surface area contributed by atoms with E-state index in [4.69, 9.17) is 16.3 Å². The average Bonchev–Trinajstić information content (AvgIpc) is 2.49. The van der Waals surface area contributed by atoms with Gasteiger partial charge in [0.15, 0.2) is 0 Å². The van der Waals surface area contributed by atoms with Crippen molar-refractivity contribution in [1.29, 1.82) is 0 Å². The second-order valence-electron chi connectivity index (χ2n) is 5.01. The zero-order valence-corrected chi connectivity index (χ0v) is 13.6. The molecule has 0 aliphatic carbocycles. The number of methoxy groups -OCH3 is 1. The van der Waals surface area contributed by atoms with E-state index >= 15 is 0 Å². The smallest absolute Gasteiger partial charge is 0.324 e. The predicted octanol–water partition coefficient (Wildman–Crippen LogP) is 2.36. The van der Waals surface area contributed by atoms with Crippen LogP contribution in [0.25, 0.3) is 0 Å². The van der Waals surface area contributed by atoms with Gasteiger partial charge in [-0.05, 0) is 43.9 Å². The predicted molar refractivity (Wildman–Crippen MR) is 79.7 cm³/mol. The summed E-state index contributed by atoms with van der Waals surface area (Å²) >= 11 is 6.01. The molecule has 0 spiro atoms. The molecule has 1 aromatic carbocycles. The Balaban J connectivity index is 2.46. The largest absolute Gasteiger partial charge is 0.468 e. The van der Waals surface area contributed by atoms with Gasteiger partial charge in [0.1, 0.15) is 6.04 Å². The maximum absolute atomic E-state index is 12.9. The maximum atomic E-state index is 12.9. The molecule has 1 aliphatic rings. The standard InChI is InChI=1S/C14H18ClNO4S/c1-10-11(15)6-5-8-13(10)21(18,19)16-9-4-3-7-12(16)14(17)20-2/h5-6,8,12H,3-4,7,9H2,1-2H3/t12-/m1/s1. The van der Waals surface area contributed by atoms with Gasteiger partial charge < -0.3 is 4.74 Å². The average molecular weight is 332 g/mol. The van der Waals surface area contributed by atoms with Crippen LogP contribution in [0, 0.1) is 6.92 Å². The highest BCUT2D eigenvalue weighted by Gasteiger charge is 2.38. The van der Waals surface area contributed by atoms with Crippen molar-refractivity contribution in [2.45, 2.75) is 37.1 Å². The van der Waals surface area contributed by atoms with Gasteiger partial charge in [-0.2, -0.15) is 4.31 Å². The number of esters is 1. The fourth-order valence-corrected chi connectivity index (χ4v) is 4.68. The van der Waals surface area contributed by atoms with Crippen LogP contribution < -0.4 is 0 Å². The van der Waals surface area contributed by atoms with E-state index in [0.29, 0.717) is 23.6 Å². The third-order valence-corrected chi connectivity index (χ3v) is 6.19. The van der Waals surface area contributed by atoms with Gasteiger partial charge in [0.05, 0.1) is 12.0 Å². The lowest BCUT2D eigenvalue weighted by Gasteiger charge is -2.33. The summed E-state index contributed by atoms with van der Waals surface area (Å²) in [6.07, 6.45) is 2.01. The summed E-state index contributed by atoms with van der Waals surface area (Å²) in [6, 6.07) is 4.00. The molecule has 0 amide bonds. The molecular weight excluding hydrogens is 314 g/mol. The van der Waals surface area contributed by atoms with Crippen LogP contribution in [0.1, 0.15) is 24.8 Å². The molecule has 0 radical (unpaired) electrons. The van der Waals surface area contributed by atoms with Crippen LogP contribution in [0.2, 0.25) is 5.02 Å². The van der Waals surface area contributed by atoms with Gasteiger partial charge in [0.25, 0.3) is 0 Å². The highest BCUT2D eigenvalue weighted by molar-refractivity contribution is 7.89. The van der Waals surface area contributed by atoms with E-state index in [1.165, 1.54) is 17.5 Å². The third kappa shape index (κ3) is 3.07. The molecule has 5 nitrogen and oxygen atoms in total. The molecule has 1 heterocycles. The van der Waals surface area contributed by atoms with E-state index in [0.717, 1.165) is 12.8 Å². The van der Waals surface area contributed by atoms with Crippen molar-refractivity contribution in [3.05, 3.63) is 28.8 Å². The number of benzene rings is 1. The van der Waals surface area contributed by atoms with E-state index in [1.54, 1.807) is 19.1 Å². The SMILES string of the molecule is COC(=O)[C@H]1CCCCN1S(=O)(=O)c1cccc(Cl)c1C. The van der Waals surface area contributed by atoms with Crippen LogP contribution in [-0.4, -0.2) is 38.4 Å². The zero-order valence-electron chi connectivity index (χ0n) is 12.0. The quantitative estimate of drug-likeness (QED) is 0.798. The first-order chi connectivity index (χ1) is 9.89. The Hall–Kier alpha value is -1.11. The summed E-state index contributed by atoms with van der Waals surface area (Å²) in [5.41, 5.74) is 0.494. The number of nitrogens with zero attached hydrogens (tertiary/aromatic N) is 1. The molecule has 0 saturated carbocycles. The Labute approximate surface area is 129 Å². The molecular formula is C14H18ClNO4S. The Morgan fingerprint density at radius 2 is 2.10 bits per heavy atom. The fourth-order valence-electron chi connectivity index (χ4n) is 2.56. The number of piperidine rings is 1. The molecule has 116 valence electrons. The van der Waals surface area contributed by atoms with Crippen molar-refractivity contribution < 1.29 is 17.9 Å². The molecule has 1 saturated heterocycles. The van der Waals surface area contributed by atoms with Crippen LogP contribution >= 0.6 is 11.6 Å². The highest BCUT2D eigenvalue weighted by Crippen LogP contribution is 2.30. The van der Waals surface area contributed by atoms with Gasteiger partial charge in [-0.25, -0.2) is 8.42 Å². The lowest BCUT2D eigenvalue weighted by Crippen LogP contribution is -2.48. The van der Waals surface area contributed by atoms with Gasteiger partial charge in [-0.1, -0.05) is 17.7 Å². The van der Waals surface area contributed by atoms with Crippen molar-refractivity contribution in [1.82, 2.24) is 4.31 Å². The number of ether oxygens (including phenoxy) is 1. The van der Waals surface area contributed by atoms with Crippen LogP contribution in [0.3, 0.4) is 0 Å². The normalized spacial score (nSPS) is 20.2. The van der Waals surface area contributed by atoms with Crippen LogP contribution in [0.5, 0.6) is 0 Å². The van der Waals surface area contributed by atoms with E-state index in [2.05, 4.69) is 0 Å². The molecule has 0 N–H and O–H groups in total. The van der Waals surface area contributed by atoms with E-state index in [1.807, 2.05) is 0 Å². The molecule has 0 bridgehead atoms. The molecule has 7 heteroatoms. The second kappa shape index (κ2) is 6.34. The maximum Gasteiger partial charge on any atom is 0.324 e. The molecule has 1 fully saturated rings. The molecule has 2 rings (SSSR count). The summed E-state index contributed by atoms with van der Waals surface area (Å²) in [6.45, 7) is 1.97. The molecule has 1 atom stereocenters. The monoisotopic (exact) mass is 331 g/mol. The zero-order chi connectivity index (χ0) is 15.6. The highest BCUT2D eigenvalue weighted by atomic mass is 35.5. The van der Waals surface area contributed by atoms with Crippen LogP contribution in [0.4, 0.5) is 0 Å². The number of hydrogen-bond donors (Lipinski definition) is 0. The first-order valence-electron chi connectivity index (χ1n) is 6.74. The third-order valence-electron chi connectivity index (χ3n) is 3.73. The van der Waals surface area contributed by atoms with E-state index in [9.17, 15) is 13.2 Å². The lowest BCUT2D eigenvalue weighted by molar-refractivity contribution is -0.146. The molecule has 1 aromatic rings. The van der Waals surface area contributed by atoms with E-state index in [-0.39, 0.29) is 4.90 Å². The number of halogens is 1. The number of sulfonamides is 1. The number of carbonyl (C=O) groups is 1. The minimum absolute atomic E-state index is 0.144. The van der Waals surface area contributed by atoms with Gasteiger partial charge in [-0.15, -0.1) is 0 Å². The number of rotatable bonds is 3. The Morgan fingerprint density at radius 1 is 1.38 bits per heavy atom. The molecule has 1 aliphatic heterocycles. The van der Waals surface area contributed by atoms with Crippen molar-refractivity contribution in [2.75, 3.05) is 13.7 Å². The van der Waals surface area contributed by atoms with Gasteiger partial charge in [0, 0.05) is 11.6 Å². The van der Waals surface area contributed by atoms with Gasteiger partial charge >= 0.3 is 5.97 Å². The minimum atomic E-state index is -3.77. The van der Waals surface area contributed by atoms with Crippen molar-refractivity contribution >= 4 is 27.6 Å². The second-order valence-corrected chi connectivity index (χ2v) is 7.28. The summed E-state index contributed by atoms with van der Waals surface area (Å²) in [5.74, 6) is -0.516. The lowest BCUT2D eigenvalue weighted by atomic mass is 10.1. The van der Waals surface area contributed by atoms with Crippen molar-refractivity contribution in [2.24, 2.45) is 0 Å². The summed E-state index contributed by atoms with van der Waals surface area (Å²) in [7, 11) is -2.50. The minimum Gasteiger partial charge on any atom is -0.468 e. The first kappa shape index (κ1) is 16.3. The summed E-state index contributed by atoms with van der Waals surface area (Å²) < 4.78 is 31.7. The molecule has 0 unspecified atom stereocenters. The van der Waals surface area contributed by atoms with Crippen molar-refractivity contribution in [3.8, 4) is 0 Å². The summed E-state index contributed by atoms with van der Waals surface area (Å²) in [4.78, 5) is 12.0. The first-order valence-corrected chi connectivity index (χ1v) is 8.56.